The lowest BCUT2D eigenvalue weighted by atomic mass is 9.86. The van der Waals surface area contributed by atoms with E-state index in [1.807, 2.05) is 36.4 Å². The van der Waals surface area contributed by atoms with E-state index in [0.29, 0.717) is 6.42 Å². The van der Waals surface area contributed by atoms with E-state index in [4.69, 9.17) is 14.2 Å². The molecule has 2 amide bonds. The molecular weight excluding hydrogens is 636 g/mol. The van der Waals surface area contributed by atoms with E-state index >= 15 is 0 Å². The average molecular weight is 701 g/mol. The maximum absolute atomic E-state index is 12.3. The molecule has 0 bridgehead atoms. The number of likely N-dealkylation sites (N-methyl/N-ethyl adjacent to an activating group) is 2. The van der Waals surface area contributed by atoms with Gasteiger partial charge in [-0.15, -0.1) is 0 Å². The van der Waals surface area contributed by atoms with Crippen LogP contribution in [0.25, 0.3) is 0 Å². The number of nitrogens with zero attached hydrogens (tertiary/aromatic N) is 2. The van der Waals surface area contributed by atoms with Crippen LogP contribution in [0.1, 0.15) is 113 Å². The number of hydrogen-bond donors (Lipinski definition) is 1. The quantitative estimate of drug-likeness (QED) is 0.215. The third kappa shape index (κ3) is 15.6. The molecular formula is C40H64N2O8. The van der Waals surface area contributed by atoms with Crippen LogP contribution < -0.4 is 0 Å². The maximum atomic E-state index is 12.3. The van der Waals surface area contributed by atoms with Gasteiger partial charge in [-0.25, -0.2) is 19.2 Å². The van der Waals surface area contributed by atoms with Gasteiger partial charge in [0.1, 0.15) is 23.3 Å². The van der Waals surface area contributed by atoms with Gasteiger partial charge in [-0.1, -0.05) is 97.5 Å². The molecule has 2 atom stereocenters. The zero-order valence-corrected chi connectivity index (χ0v) is 32.4. The summed E-state index contributed by atoms with van der Waals surface area (Å²) < 4.78 is 15.5. The van der Waals surface area contributed by atoms with Crippen molar-refractivity contribution in [1.82, 2.24) is 9.80 Å². The van der Waals surface area contributed by atoms with E-state index in [9.17, 15) is 24.3 Å². The second-order valence-electron chi connectivity index (χ2n) is 16.4. The first-order chi connectivity index (χ1) is 22.2. The van der Waals surface area contributed by atoms with E-state index in [2.05, 4.69) is 53.7 Å². The Kier molecular flexibility index (Phi) is 16.8. The number of hydrogen-bond acceptors (Lipinski definition) is 7. The summed E-state index contributed by atoms with van der Waals surface area (Å²) in [5, 5.41) is 9.49. The molecule has 0 heterocycles. The molecule has 0 spiro atoms. The molecule has 50 heavy (non-hydrogen) atoms. The molecule has 10 heteroatoms. The van der Waals surface area contributed by atoms with Crippen LogP contribution in [0.3, 0.4) is 0 Å². The molecule has 2 rings (SSSR count). The molecule has 0 radical (unpaired) electrons. The Hall–Kier alpha value is -4.08. The second kappa shape index (κ2) is 18.2. The minimum atomic E-state index is -1.05. The van der Waals surface area contributed by atoms with Crippen LogP contribution >= 0.6 is 0 Å². The molecule has 10 nitrogen and oxygen atoms in total. The van der Waals surface area contributed by atoms with Gasteiger partial charge in [0.15, 0.2) is 0 Å². The van der Waals surface area contributed by atoms with Gasteiger partial charge in [0.05, 0.1) is 7.11 Å². The van der Waals surface area contributed by atoms with Crippen molar-refractivity contribution < 1.29 is 38.5 Å². The molecule has 0 aliphatic carbocycles. The molecule has 0 aromatic heterocycles. The van der Waals surface area contributed by atoms with Crippen molar-refractivity contribution in [3.8, 4) is 0 Å². The Morgan fingerprint density at radius 1 is 0.600 bits per heavy atom. The summed E-state index contributed by atoms with van der Waals surface area (Å²) >= 11 is 0. The Morgan fingerprint density at radius 2 is 0.900 bits per heavy atom. The van der Waals surface area contributed by atoms with Gasteiger partial charge >= 0.3 is 24.1 Å². The first-order valence-electron chi connectivity index (χ1n) is 16.6. The highest BCUT2D eigenvalue weighted by Gasteiger charge is 2.32. The summed E-state index contributed by atoms with van der Waals surface area (Å²) in [6.07, 6.45) is -0.585. The summed E-state index contributed by atoms with van der Waals surface area (Å²) in [7, 11) is 4.33. The number of methoxy groups -OCH3 is 1. The minimum absolute atomic E-state index is 0. The van der Waals surface area contributed by atoms with Crippen molar-refractivity contribution in [2.75, 3.05) is 21.2 Å². The highest BCUT2D eigenvalue weighted by atomic mass is 16.6. The zero-order valence-electron chi connectivity index (χ0n) is 32.4. The maximum Gasteiger partial charge on any atom is 0.410 e. The largest absolute Gasteiger partial charge is 0.480 e. The van der Waals surface area contributed by atoms with Gasteiger partial charge in [0.2, 0.25) is 0 Å². The average Bonchev–Trinajstić information content (AvgIpc) is 2.95. The first-order valence-corrected chi connectivity index (χ1v) is 16.6. The number of carboxylic acid groups (broad SMARTS) is 1. The number of benzene rings is 2. The fourth-order valence-corrected chi connectivity index (χ4v) is 4.55. The number of carboxylic acids is 1. The number of carbonyl (C=O) groups is 4. The number of aliphatic carboxylic acids is 1. The Morgan fingerprint density at radius 3 is 1.16 bits per heavy atom. The SMILES string of the molecule is C.CN(C(=O)OC(C)(C)C)[C@@H](Cc1ccc(C(C)(C)C)cc1)C(=O)O.COC(=O)[C@H](Cc1ccc(C(C)(C)C)cc1)N(C)C(=O)OC(C)(C)C. The topological polar surface area (TPSA) is 123 Å². The van der Waals surface area contributed by atoms with Crippen molar-refractivity contribution in [2.45, 2.75) is 137 Å². The van der Waals surface area contributed by atoms with Gasteiger partial charge in [0.25, 0.3) is 0 Å². The smallest absolute Gasteiger partial charge is 0.410 e. The first kappa shape index (κ1) is 45.9. The van der Waals surface area contributed by atoms with E-state index in [0.717, 1.165) is 16.0 Å². The van der Waals surface area contributed by atoms with Crippen molar-refractivity contribution in [2.24, 2.45) is 0 Å². The van der Waals surface area contributed by atoms with Crippen LogP contribution in [-0.4, -0.2) is 83.5 Å². The lowest BCUT2D eigenvalue weighted by molar-refractivity contribution is -0.146. The highest BCUT2D eigenvalue weighted by molar-refractivity contribution is 5.82. The van der Waals surface area contributed by atoms with E-state index in [-0.39, 0.29) is 24.7 Å². The fraction of sp³-hybridized carbons (Fsp3) is 0.600. The molecule has 0 aliphatic heterocycles. The number of esters is 1. The monoisotopic (exact) mass is 700 g/mol. The Balaban J connectivity index is 0.000000942. The van der Waals surface area contributed by atoms with Gasteiger partial charge in [0, 0.05) is 26.9 Å². The van der Waals surface area contributed by atoms with Crippen LogP contribution in [0.15, 0.2) is 48.5 Å². The molecule has 0 saturated heterocycles. The van der Waals surface area contributed by atoms with Crippen LogP contribution in [0.2, 0.25) is 0 Å². The standard InChI is InChI=1S/C20H31NO4.C19H29NO4.CH4/c1-19(2,3)15-11-9-14(10-12-15)13-16(17(22)24-8)21(7)18(23)25-20(4,5)6;1-18(2,3)14-10-8-13(9-11-14)12-15(16(21)22)20(7)17(23)24-19(4,5)6;/h9-12,16H,13H2,1-8H3;8-11,15H,12H2,1-7H3,(H,21,22);1H4/t16-;15-;/m00./s1. The molecule has 0 unspecified atom stereocenters. The van der Waals surface area contributed by atoms with Gasteiger partial charge in [-0.2, -0.15) is 0 Å². The predicted molar refractivity (Wildman–Crippen MR) is 200 cm³/mol. The third-order valence-corrected chi connectivity index (χ3v) is 7.55. The third-order valence-electron chi connectivity index (χ3n) is 7.55. The summed E-state index contributed by atoms with van der Waals surface area (Å²) in [6.45, 7) is 23.4. The molecule has 0 saturated carbocycles. The molecule has 0 fully saturated rings. The van der Waals surface area contributed by atoms with Crippen LogP contribution in [0.5, 0.6) is 0 Å². The summed E-state index contributed by atoms with van der Waals surface area (Å²) in [5.41, 5.74) is 3.03. The molecule has 2 aromatic carbocycles. The molecule has 0 aliphatic rings. The van der Waals surface area contributed by atoms with Crippen molar-refractivity contribution >= 4 is 24.1 Å². The number of amides is 2. The minimum Gasteiger partial charge on any atom is -0.480 e. The van der Waals surface area contributed by atoms with E-state index in [1.54, 1.807) is 48.6 Å². The van der Waals surface area contributed by atoms with Crippen molar-refractivity contribution in [3.05, 3.63) is 70.8 Å². The summed E-state index contributed by atoms with van der Waals surface area (Å²) in [4.78, 5) is 50.6. The fourth-order valence-electron chi connectivity index (χ4n) is 4.55. The molecule has 1 N–H and O–H groups in total. The number of rotatable bonds is 8. The number of carbonyl (C=O) groups excluding carboxylic acids is 3. The predicted octanol–water partition coefficient (Wildman–Crippen LogP) is 8.42. The van der Waals surface area contributed by atoms with Crippen LogP contribution in [0.4, 0.5) is 9.59 Å². The number of ether oxygens (including phenoxy) is 3. The molecule has 282 valence electrons. The summed E-state index contributed by atoms with van der Waals surface area (Å²) in [6, 6.07) is 14.2. The highest BCUT2D eigenvalue weighted by Crippen LogP contribution is 2.24. The van der Waals surface area contributed by atoms with Crippen molar-refractivity contribution in [3.63, 3.8) is 0 Å². The Labute approximate surface area is 301 Å². The van der Waals surface area contributed by atoms with Gasteiger partial charge < -0.3 is 19.3 Å². The lowest BCUT2D eigenvalue weighted by Gasteiger charge is -2.29. The van der Waals surface area contributed by atoms with Crippen molar-refractivity contribution in [1.29, 1.82) is 0 Å². The molecule has 2 aromatic rings. The van der Waals surface area contributed by atoms with Crippen LogP contribution in [-0.2, 0) is 47.5 Å². The van der Waals surface area contributed by atoms with Gasteiger partial charge in [-0.05, 0) is 74.6 Å². The van der Waals surface area contributed by atoms with E-state index < -0.39 is 47.4 Å². The zero-order chi connectivity index (χ0) is 38.1. The van der Waals surface area contributed by atoms with Crippen LogP contribution in [0, 0.1) is 0 Å². The Bertz CT molecular complexity index is 1390. The van der Waals surface area contributed by atoms with E-state index in [1.165, 1.54) is 30.2 Å². The normalized spacial score (nSPS) is 12.9. The van der Waals surface area contributed by atoms with Gasteiger partial charge in [-0.3, -0.25) is 9.80 Å². The second-order valence-corrected chi connectivity index (χ2v) is 16.4. The summed E-state index contributed by atoms with van der Waals surface area (Å²) in [5.74, 6) is -1.52. The lowest BCUT2D eigenvalue weighted by Crippen LogP contribution is -2.46.